The molecule has 4 nitrogen and oxygen atoms in total. The first kappa shape index (κ1) is 12.8. The molecular formula is C9H8BrF2NO3. The van der Waals surface area contributed by atoms with Crippen molar-refractivity contribution in [3.05, 3.63) is 23.0 Å². The fourth-order valence-corrected chi connectivity index (χ4v) is 1.50. The van der Waals surface area contributed by atoms with Gasteiger partial charge in [0.2, 0.25) is 0 Å². The van der Waals surface area contributed by atoms with E-state index in [2.05, 4.69) is 25.7 Å². The lowest BCUT2D eigenvalue weighted by molar-refractivity contribution is 0.0592. The number of aromatic hydroxyl groups is 1. The number of esters is 1. The van der Waals surface area contributed by atoms with E-state index in [1.54, 1.807) is 0 Å². The average molecular weight is 296 g/mol. The van der Waals surface area contributed by atoms with Gasteiger partial charge < -0.3 is 9.84 Å². The highest BCUT2D eigenvalue weighted by molar-refractivity contribution is 9.08. The maximum Gasteiger partial charge on any atom is 0.356 e. The van der Waals surface area contributed by atoms with E-state index in [-0.39, 0.29) is 16.6 Å². The van der Waals surface area contributed by atoms with Crippen molar-refractivity contribution < 1.29 is 23.4 Å². The van der Waals surface area contributed by atoms with E-state index in [1.165, 1.54) is 6.07 Å². The van der Waals surface area contributed by atoms with E-state index in [4.69, 9.17) is 0 Å². The molecule has 0 atom stereocenters. The number of aromatic nitrogens is 1. The summed E-state index contributed by atoms with van der Waals surface area (Å²) in [6.45, 7) is 0. The third-order valence-electron chi connectivity index (χ3n) is 1.84. The summed E-state index contributed by atoms with van der Waals surface area (Å²) in [5.74, 6) is -1.44. The zero-order chi connectivity index (χ0) is 12.3. The lowest BCUT2D eigenvalue weighted by Gasteiger charge is -2.08. The highest BCUT2D eigenvalue weighted by Crippen LogP contribution is 2.31. The van der Waals surface area contributed by atoms with Crippen molar-refractivity contribution in [3.8, 4) is 5.75 Å². The number of carbonyl (C=O) groups is 1. The zero-order valence-electron chi connectivity index (χ0n) is 8.21. The summed E-state index contributed by atoms with van der Waals surface area (Å²) in [5, 5.41) is 9.54. The molecule has 0 spiro atoms. The molecule has 7 heteroatoms. The minimum absolute atomic E-state index is 0.130. The van der Waals surface area contributed by atoms with Gasteiger partial charge in [0.05, 0.1) is 7.11 Å². The summed E-state index contributed by atoms with van der Waals surface area (Å²) in [6.07, 6.45) is -2.96. The first-order valence-corrected chi connectivity index (χ1v) is 5.28. The summed E-state index contributed by atoms with van der Waals surface area (Å²) in [6, 6.07) is 1.20. The van der Waals surface area contributed by atoms with Crippen LogP contribution in [0.1, 0.15) is 28.2 Å². The number of ether oxygens (including phenoxy) is 1. The van der Waals surface area contributed by atoms with Crippen molar-refractivity contribution >= 4 is 21.9 Å². The zero-order valence-corrected chi connectivity index (χ0v) is 9.79. The Hall–Kier alpha value is -1.24. The molecule has 0 saturated heterocycles. The van der Waals surface area contributed by atoms with Gasteiger partial charge in [0, 0.05) is 10.9 Å². The Balaban J connectivity index is 3.34. The molecule has 1 rings (SSSR count). The Labute approximate surface area is 98.4 Å². The van der Waals surface area contributed by atoms with E-state index in [0.717, 1.165) is 7.11 Å². The minimum atomic E-state index is -2.96. The molecule has 0 bridgehead atoms. The van der Waals surface area contributed by atoms with Crippen LogP contribution in [0.25, 0.3) is 0 Å². The molecule has 1 heterocycles. The van der Waals surface area contributed by atoms with Crippen LogP contribution in [0.2, 0.25) is 0 Å². The van der Waals surface area contributed by atoms with Gasteiger partial charge in [-0.3, -0.25) is 0 Å². The van der Waals surface area contributed by atoms with Gasteiger partial charge in [-0.05, 0) is 6.07 Å². The van der Waals surface area contributed by atoms with Crippen molar-refractivity contribution in [2.75, 3.05) is 7.11 Å². The Bertz CT molecular complexity index is 412. The lowest BCUT2D eigenvalue weighted by atomic mass is 10.2. The number of nitrogens with zero attached hydrogens (tertiary/aromatic N) is 1. The van der Waals surface area contributed by atoms with Gasteiger partial charge in [0.1, 0.15) is 17.1 Å². The van der Waals surface area contributed by atoms with Gasteiger partial charge in [-0.1, -0.05) is 15.9 Å². The molecular weight excluding hydrogens is 288 g/mol. The third-order valence-corrected chi connectivity index (χ3v) is 2.45. The number of alkyl halides is 3. The quantitative estimate of drug-likeness (QED) is 0.687. The molecule has 0 amide bonds. The average Bonchev–Trinajstić information content (AvgIpc) is 2.27. The molecule has 88 valence electrons. The molecule has 0 unspecified atom stereocenters. The molecule has 0 radical (unpaired) electrons. The smallest absolute Gasteiger partial charge is 0.356 e. The molecule has 16 heavy (non-hydrogen) atoms. The van der Waals surface area contributed by atoms with Crippen LogP contribution in [-0.2, 0) is 10.1 Å². The van der Waals surface area contributed by atoms with E-state index in [9.17, 15) is 18.7 Å². The first-order chi connectivity index (χ1) is 7.51. The Kier molecular flexibility index (Phi) is 4.17. The maximum atomic E-state index is 12.5. The van der Waals surface area contributed by atoms with Crippen molar-refractivity contribution in [2.45, 2.75) is 11.8 Å². The maximum absolute atomic E-state index is 12.5. The van der Waals surface area contributed by atoms with Crippen LogP contribution in [0.5, 0.6) is 5.75 Å². The highest BCUT2D eigenvalue weighted by atomic mass is 79.9. The van der Waals surface area contributed by atoms with Crippen LogP contribution in [0.4, 0.5) is 8.78 Å². The molecule has 0 aliphatic rings. The van der Waals surface area contributed by atoms with Gasteiger partial charge in [0.15, 0.2) is 0 Å². The van der Waals surface area contributed by atoms with Crippen molar-refractivity contribution in [1.82, 2.24) is 4.98 Å². The second-order valence-corrected chi connectivity index (χ2v) is 3.39. The number of pyridine rings is 1. The summed E-state index contributed by atoms with van der Waals surface area (Å²) in [7, 11) is 1.12. The second kappa shape index (κ2) is 5.20. The van der Waals surface area contributed by atoms with Crippen LogP contribution < -0.4 is 0 Å². The number of methoxy groups -OCH3 is 1. The first-order valence-electron chi connectivity index (χ1n) is 4.16. The normalized spacial score (nSPS) is 10.6. The predicted molar refractivity (Wildman–Crippen MR) is 54.8 cm³/mol. The molecule has 0 aliphatic heterocycles. The van der Waals surface area contributed by atoms with Crippen LogP contribution in [0.15, 0.2) is 6.07 Å². The summed E-state index contributed by atoms with van der Waals surface area (Å²) >= 11 is 3.01. The summed E-state index contributed by atoms with van der Waals surface area (Å²) < 4.78 is 29.4. The van der Waals surface area contributed by atoms with Gasteiger partial charge >= 0.3 is 5.97 Å². The number of hydrogen-bond acceptors (Lipinski definition) is 4. The summed E-state index contributed by atoms with van der Waals surface area (Å²) in [5.41, 5.74) is -0.923. The number of hydrogen-bond donors (Lipinski definition) is 1. The molecule has 1 N–H and O–H groups in total. The summed E-state index contributed by atoms with van der Waals surface area (Å²) in [4.78, 5) is 14.5. The van der Waals surface area contributed by atoms with E-state index >= 15 is 0 Å². The Morgan fingerprint density at radius 1 is 1.69 bits per heavy atom. The fraction of sp³-hybridized carbons (Fsp3) is 0.333. The van der Waals surface area contributed by atoms with E-state index in [0.29, 0.717) is 0 Å². The molecule has 1 aromatic rings. The van der Waals surface area contributed by atoms with E-state index in [1.807, 2.05) is 0 Å². The topological polar surface area (TPSA) is 59.4 Å². The van der Waals surface area contributed by atoms with E-state index < -0.39 is 23.8 Å². The molecule has 0 fully saturated rings. The molecule has 0 saturated carbocycles. The fourth-order valence-electron chi connectivity index (χ4n) is 1.08. The number of carbonyl (C=O) groups excluding carboxylic acids is 1. The number of halogens is 3. The van der Waals surface area contributed by atoms with Crippen molar-refractivity contribution in [2.24, 2.45) is 0 Å². The molecule has 0 aliphatic carbocycles. The second-order valence-electron chi connectivity index (χ2n) is 2.83. The van der Waals surface area contributed by atoms with Gasteiger partial charge in [0.25, 0.3) is 6.43 Å². The largest absolute Gasteiger partial charge is 0.505 e. The SMILES string of the molecule is COC(=O)c1cc(CBr)c(O)c(C(F)F)n1. The van der Waals surface area contributed by atoms with Crippen molar-refractivity contribution in [1.29, 1.82) is 0 Å². The van der Waals surface area contributed by atoms with Crippen LogP contribution in [-0.4, -0.2) is 23.2 Å². The van der Waals surface area contributed by atoms with Crippen LogP contribution in [0, 0.1) is 0 Å². The predicted octanol–water partition coefficient (Wildman–Crippen LogP) is 2.41. The number of rotatable bonds is 3. The minimum Gasteiger partial charge on any atom is -0.505 e. The van der Waals surface area contributed by atoms with Crippen LogP contribution >= 0.6 is 15.9 Å². The van der Waals surface area contributed by atoms with Crippen molar-refractivity contribution in [3.63, 3.8) is 0 Å². The highest BCUT2D eigenvalue weighted by Gasteiger charge is 2.21. The monoisotopic (exact) mass is 295 g/mol. The molecule has 0 aromatic carbocycles. The van der Waals surface area contributed by atoms with Gasteiger partial charge in [-0.25, -0.2) is 18.6 Å². The van der Waals surface area contributed by atoms with Gasteiger partial charge in [-0.2, -0.15) is 0 Å². The lowest BCUT2D eigenvalue weighted by Crippen LogP contribution is -2.08. The van der Waals surface area contributed by atoms with Crippen LogP contribution in [0.3, 0.4) is 0 Å². The Morgan fingerprint density at radius 3 is 2.75 bits per heavy atom. The standard InChI is InChI=1S/C9H8BrF2NO3/c1-16-9(15)5-2-4(3-10)7(14)6(13-5)8(11)12/h2,8,14H,3H2,1H3. The van der Waals surface area contributed by atoms with Gasteiger partial charge in [-0.15, -0.1) is 0 Å². The third kappa shape index (κ3) is 2.46. The molecule has 1 aromatic heterocycles. The Morgan fingerprint density at radius 2 is 2.31 bits per heavy atom.